The van der Waals surface area contributed by atoms with E-state index in [2.05, 4.69) is 69.2 Å². The van der Waals surface area contributed by atoms with Gasteiger partial charge in [-0.25, -0.2) is 19.2 Å². The van der Waals surface area contributed by atoms with Gasteiger partial charge in [0.15, 0.2) is 0 Å². The molecular weight excluding hydrogens is 917 g/mol. The molecule has 10 nitrogen and oxygen atoms in total. The number of benzene rings is 4. The molecule has 10 heteroatoms. The molecule has 0 aliphatic heterocycles. The van der Waals surface area contributed by atoms with E-state index in [1.807, 2.05) is 48.5 Å². The Bertz CT molecular complexity index is 2120. The van der Waals surface area contributed by atoms with Crippen LogP contribution in [0.15, 0.2) is 84.9 Å². The maximum atomic E-state index is 14.0. The van der Waals surface area contributed by atoms with Crippen LogP contribution in [-0.4, -0.2) is 50.3 Å². The first-order valence-corrected chi connectivity index (χ1v) is 27.8. The number of ether oxygens (including phenoxy) is 6. The van der Waals surface area contributed by atoms with E-state index in [9.17, 15) is 19.2 Å². The Morgan fingerprint density at radius 3 is 0.959 bits per heavy atom. The Morgan fingerprint density at radius 1 is 0.397 bits per heavy atom. The number of unbranched alkanes of at least 4 members (excludes halogenated alkanes) is 4. The minimum Gasteiger partial charge on any atom is -0.462 e. The van der Waals surface area contributed by atoms with E-state index in [0.717, 1.165) is 114 Å². The number of hydrogen-bond donors (Lipinski definition) is 0. The van der Waals surface area contributed by atoms with Crippen LogP contribution >= 0.6 is 0 Å². The average molecular weight is 1010 g/mol. The van der Waals surface area contributed by atoms with E-state index >= 15 is 0 Å². The quantitative estimate of drug-likeness (QED) is 0.0330. The Labute approximate surface area is 438 Å². The maximum Gasteiger partial charge on any atom is 0.342 e. The van der Waals surface area contributed by atoms with Crippen LogP contribution in [0.2, 0.25) is 0 Å². The normalized spacial score (nSPS) is 13.1. The van der Waals surface area contributed by atoms with Gasteiger partial charge in [0.25, 0.3) is 0 Å². The molecule has 4 atom stereocenters. The third-order valence-electron chi connectivity index (χ3n) is 14.5. The molecule has 0 bridgehead atoms. The van der Waals surface area contributed by atoms with Crippen LogP contribution in [0.4, 0.5) is 0 Å². The number of carbonyl (C=O) groups excluding carboxylic acids is 4. The average Bonchev–Trinajstić information content (AvgIpc) is 3.40. The van der Waals surface area contributed by atoms with E-state index in [1.165, 1.54) is 0 Å². The molecule has 400 valence electrons. The molecule has 0 heterocycles. The van der Waals surface area contributed by atoms with Gasteiger partial charge >= 0.3 is 23.9 Å². The molecule has 0 saturated carbocycles. The molecule has 73 heavy (non-hydrogen) atoms. The van der Waals surface area contributed by atoms with E-state index in [0.29, 0.717) is 11.5 Å². The van der Waals surface area contributed by atoms with Crippen molar-refractivity contribution in [2.75, 3.05) is 26.4 Å². The molecule has 0 fully saturated rings. The summed E-state index contributed by atoms with van der Waals surface area (Å²) in [4.78, 5) is 55.4. The van der Waals surface area contributed by atoms with E-state index in [-0.39, 0.29) is 83.9 Å². The molecule has 4 aromatic carbocycles. The lowest BCUT2D eigenvalue weighted by Crippen LogP contribution is -2.20. The standard InChI is InChI=1S/C63H88O10/c1-11-19-25-45(15-5)41-68-59(64)53-29-23-31-55(57(53)61(66)70-43-47(17-7)27-21-13-3)72-51-37-33-49(34-38-51)63(9,10)50-35-39-52(40-36-50)73-56-32-24-30-54(60(65)69-42-46(16-6)26-20-12-2)58(56)62(67)71-44-48(18-8)28-22-14-4/h23-24,29-40,45-48H,11-22,25-28,41-44H2,1-10H3. The topological polar surface area (TPSA) is 124 Å². The molecule has 4 unspecified atom stereocenters. The van der Waals surface area contributed by atoms with Crippen LogP contribution in [0.1, 0.15) is 225 Å². The maximum absolute atomic E-state index is 14.0. The van der Waals surface area contributed by atoms with Gasteiger partial charge in [-0.3, -0.25) is 0 Å². The van der Waals surface area contributed by atoms with Crippen molar-refractivity contribution in [3.63, 3.8) is 0 Å². The Kier molecular flexibility index (Phi) is 26.1. The molecule has 0 aliphatic rings. The summed E-state index contributed by atoms with van der Waals surface area (Å²) in [5.74, 6) is -0.0950. The molecule has 0 N–H and O–H groups in total. The predicted molar refractivity (Wildman–Crippen MR) is 292 cm³/mol. The van der Waals surface area contributed by atoms with Crippen LogP contribution < -0.4 is 9.47 Å². The van der Waals surface area contributed by atoms with Gasteiger partial charge in [0.05, 0.1) is 37.6 Å². The predicted octanol–water partition coefficient (Wildman–Crippen LogP) is 17.1. The fourth-order valence-corrected chi connectivity index (χ4v) is 8.96. The van der Waals surface area contributed by atoms with Gasteiger partial charge in [0.2, 0.25) is 0 Å². The smallest absolute Gasteiger partial charge is 0.342 e. The summed E-state index contributed by atoms with van der Waals surface area (Å²) >= 11 is 0. The van der Waals surface area contributed by atoms with Crippen molar-refractivity contribution in [3.05, 3.63) is 118 Å². The highest BCUT2D eigenvalue weighted by molar-refractivity contribution is 6.06. The van der Waals surface area contributed by atoms with Gasteiger partial charge in [-0.15, -0.1) is 0 Å². The fourth-order valence-electron chi connectivity index (χ4n) is 8.96. The largest absolute Gasteiger partial charge is 0.462 e. The van der Waals surface area contributed by atoms with Gasteiger partial charge in [0.1, 0.15) is 34.1 Å². The Morgan fingerprint density at radius 2 is 0.685 bits per heavy atom. The summed E-state index contributed by atoms with van der Waals surface area (Å²) in [6.07, 6.45) is 15.8. The van der Waals surface area contributed by atoms with Crippen LogP contribution in [0, 0.1) is 23.7 Å². The molecule has 0 spiro atoms. The summed E-state index contributed by atoms with van der Waals surface area (Å²) in [5.41, 5.74) is 1.86. The van der Waals surface area contributed by atoms with Crippen LogP contribution in [-0.2, 0) is 24.4 Å². The minimum absolute atomic E-state index is 0.0531. The molecule has 0 amide bonds. The van der Waals surface area contributed by atoms with Crippen LogP contribution in [0.25, 0.3) is 0 Å². The van der Waals surface area contributed by atoms with Crippen LogP contribution in [0.3, 0.4) is 0 Å². The summed E-state index contributed by atoms with van der Waals surface area (Å²) < 4.78 is 36.4. The van der Waals surface area contributed by atoms with Crippen molar-refractivity contribution in [1.82, 2.24) is 0 Å². The van der Waals surface area contributed by atoms with Crippen molar-refractivity contribution in [3.8, 4) is 23.0 Å². The van der Waals surface area contributed by atoms with Gasteiger partial charge < -0.3 is 28.4 Å². The SMILES string of the molecule is CCCCC(CC)COC(=O)c1cccc(Oc2ccc(C(C)(C)c3ccc(Oc4cccc(C(=O)OCC(CC)CCCC)c4C(=O)OCC(CC)CCCC)cc3)cc2)c1C(=O)OCC(CC)CCCC. The molecule has 4 aromatic rings. The highest BCUT2D eigenvalue weighted by Crippen LogP contribution is 2.37. The summed E-state index contributed by atoms with van der Waals surface area (Å²) in [7, 11) is 0. The number of hydrogen-bond acceptors (Lipinski definition) is 10. The number of carbonyl (C=O) groups is 4. The fraction of sp³-hybridized carbons (Fsp3) is 0.556. The van der Waals surface area contributed by atoms with Crippen molar-refractivity contribution in [2.45, 2.75) is 177 Å². The lowest BCUT2D eigenvalue weighted by Gasteiger charge is -2.26. The van der Waals surface area contributed by atoms with Crippen molar-refractivity contribution in [1.29, 1.82) is 0 Å². The van der Waals surface area contributed by atoms with Crippen molar-refractivity contribution < 1.29 is 47.6 Å². The Hall–Kier alpha value is -5.64. The van der Waals surface area contributed by atoms with E-state index in [1.54, 1.807) is 36.4 Å². The molecule has 0 aromatic heterocycles. The van der Waals surface area contributed by atoms with Crippen molar-refractivity contribution >= 4 is 23.9 Å². The first-order chi connectivity index (χ1) is 35.3. The van der Waals surface area contributed by atoms with E-state index in [4.69, 9.17) is 28.4 Å². The summed E-state index contributed by atoms with van der Waals surface area (Å²) in [6.45, 7) is 22.3. The summed E-state index contributed by atoms with van der Waals surface area (Å²) in [5, 5.41) is 0. The monoisotopic (exact) mass is 1000 g/mol. The second-order valence-corrected chi connectivity index (χ2v) is 20.3. The molecule has 0 aliphatic carbocycles. The molecule has 0 saturated heterocycles. The summed E-state index contributed by atoms with van der Waals surface area (Å²) in [6, 6.07) is 25.3. The van der Waals surface area contributed by atoms with E-state index < -0.39 is 29.3 Å². The molecule has 0 radical (unpaired) electrons. The number of rotatable bonds is 34. The highest BCUT2D eigenvalue weighted by Gasteiger charge is 2.29. The third-order valence-corrected chi connectivity index (χ3v) is 14.5. The lowest BCUT2D eigenvalue weighted by molar-refractivity contribution is 0.0379. The van der Waals surface area contributed by atoms with Gasteiger partial charge in [-0.1, -0.05) is 183 Å². The lowest BCUT2D eigenvalue weighted by atomic mass is 9.78. The van der Waals surface area contributed by atoms with Crippen molar-refractivity contribution in [2.24, 2.45) is 23.7 Å². The zero-order chi connectivity index (χ0) is 53.2. The molecular formula is C63H88O10. The third kappa shape index (κ3) is 18.4. The zero-order valence-corrected chi connectivity index (χ0v) is 46.1. The van der Waals surface area contributed by atoms with Gasteiger partial charge in [-0.05, 0) is 109 Å². The zero-order valence-electron chi connectivity index (χ0n) is 46.1. The van der Waals surface area contributed by atoms with Gasteiger partial charge in [-0.2, -0.15) is 0 Å². The minimum atomic E-state index is -0.617. The first-order valence-electron chi connectivity index (χ1n) is 27.8. The Balaban J connectivity index is 1.58. The van der Waals surface area contributed by atoms with Crippen LogP contribution in [0.5, 0.6) is 23.0 Å². The number of esters is 4. The second kappa shape index (κ2) is 31.8. The van der Waals surface area contributed by atoms with Gasteiger partial charge in [0, 0.05) is 5.41 Å². The highest BCUT2D eigenvalue weighted by atomic mass is 16.6. The first kappa shape index (κ1) is 59.9. The molecule has 4 rings (SSSR count). The second-order valence-electron chi connectivity index (χ2n) is 20.3.